The van der Waals surface area contributed by atoms with Crippen LogP contribution in [-0.2, 0) is 0 Å². The van der Waals surface area contributed by atoms with E-state index in [1.807, 2.05) is 54.8 Å². The Bertz CT molecular complexity index is 629. The molecule has 0 amide bonds. The zero-order chi connectivity index (χ0) is 12.4. The van der Waals surface area contributed by atoms with Crippen molar-refractivity contribution in [3.63, 3.8) is 0 Å². The average molecular weight is 272 g/mol. The molecule has 18 heavy (non-hydrogen) atoms. The number of fused-ring (bicyclic) bond motifs is 1. The summed E-state index contributed by atoms with van der Waals surface area (Å²) in [6.45, 7) is 0. The van der Waals surface area contributed by atoms with Crippen LogP contribution in [0.5, 0.6) is 0 Å². The lowest BCUT2D eigenvalue weighted by Crippen LogP contribution is -1.80. The molecule has 3 rings (SSSR count). The Labute approximate surface area is 115 Å². The SMILES string of the molecule is Clc1ccc(C2=CC=Nc3ccccc3S2)cc1. The van der Waals surface area contributed by atoms with Crippen molar-refractivity contribution in [3.05, 3.63) is 65.2 Å². The Morgan fingerprint density at radius 1 is 0.944 bits per heavy atom. The van der Waals surface area contributed by atoms with Crippen LogP contribution in [0.15, 0.2) is 64.5 Å². The van der Waals surface area contributed by atoms with E-state index in [4.69, 9.17) is 11.6 Å². The lowest BCUT2D eigenvalue weighted by molar-refractivity contribution is 1.39. The summed E-state index contributed by atoms with van der Waals surface area (Å²) in [7, 11) is 0. The van der Waals surface area contributed by atoms with Crippen LogP contribution in [0.1, 0.15) is 5.56 Å². The molecule has 88 valence electrons. The molecule has 0 radical (unpaired) electrons. The lowest BCUT2D eigenvalue weighted by atomic mass is 10.2. The van der Waals surface area contributed by atoms with Gasteiger partial charge in [0.25, 0.3) is 0 Å². The predicted octanol–water partition coefficient (Wildman–Crippen LogP) is 5.19. The summed E-state index contributed by atoms with van der Waals surface area (Å²) in [5, 5.41) is 0.757. The second kappa shape index (κ2) is 5.01. The van der Waals surface area contributed by atoms with Gasteiger partial charge in [0, 0.05) is 21.0 Å². The Kier molecular flexibility index (Phi) is 3.22. The van der Waals surface area contributed by atoms with Crippen LogP contribution in [0, 0.1) is 0 Å². The summed E-state index contributed by atoms with van der Waals surface area (Å²) in [5.41, 5.74) is 2.18. The molecule has 0 spiro atoms. The fourth-order valence-corrected chi connectivity index (χ4v) is 2.87. The number of benzene rings is 2. The minimum Gasteiger partial charge on any atom is -0.256 e. The Morgan fingerprint density at radius 3 is 2.56 bits per heavy atom. The molecule has 0 saturated carbocycles. The van der Waals surface area contributed by atoms with Crippen molar-refractivity contribution in [2.75, 3.05) is 0 Å². The van der Waals surface area contributed by atoms with Gasteiger partial charge in [0.1, 0.15) is 0 Å². The summed E-state index contributed by atoms with van der Waals surface area (Å²) in [6, 6.07) is 16.0. The number of rotatable bonds is 1. The van der Waals surface area contributed by atoms with Crippen molar-refractivity contribution in [2.24, 2.45) is 4.99 Å². The van der Waals surface area contributed by atoms with Crippen LogP contribution in [-0.4, -0.2) is 6.21 Å². The van der Waals surface area contributed by atoms with Crippen LogP contribution in [0.4, 0.5) is 5.69 Å². The predicted molar refractivity (Wildman–Crippen MR) is 79.9 cm³/mol. The first-order chi connectivity index (χ1) is 8.83. The largest absolute Gasteiger partial charge is 0.256 e. The first-order valence-corrected chi connectivity index (χ1v) is 6.79. The third-order valence-electron chi connectivity index (χ3n) is 2.65. The van der Waals surface area contributed by atoms with Gasteiger partial charge in [-0.2, -0.15) is 0 Å². The van der Waals surface area contributed by atoms with E-state index in [1.165, 1.54) is 9.80 Å². The van der Waals surface area contributed by atoms with Gasteiger partial charge in [-0.15, -0.1) is 0 Å². The molecule has 0 aliphatic carbocycles. The van der Waals surface area contributed by atoms with E-state index in [0.717, 1.165) is 16.3 Å². The molecule has 0 bridgehead atoms. The van der Waals surface area contributed by atoms with Gasteiger partial charge in [0.05, 0.1) is 5.69 Å². The Balaban J connectivity index is 1.99. The van der Waals surface area contributed by atoms with Crippen molar-refractivity contribution in [3.8, 4) is 0 Å². The Hall–Kier alpha value is -1.51. The van der Waals surface area contributed by atoms with Crippen molar-refractivity contribution >= 4 is 40.2 Å². The number of hydrogen-bond donors (Lipinski definition) is 0. The van der Waals surface area contributed by atoms with E-state index in [1.54, 1.807) is 11.8 Å². The molecule has 0 unspecified atom stereocenters. The monoisotopic (exact) mass is 271 g/mol. The molecule has 0 aromatic heterocycles. The summed E-state index contributed by atoms with van der Waals surface area (Å²) >= 11 is 7.64. The second-order valence-corrected chi connectivity index (χ2v) is 5.41. The average Bonchev–Trinajstić information content (AvgIpc) is 2.61. The van der Waals surface area contributed by atoms with Gasteiger partial charge in [0.15, 0.2) is 0 Å². The van der Waals surface area contributed by atoms with Crippen molar-refractivity contribution in [1.82, 2.24) is 0 Å². The van der Waals surface area contributed by atoms with Crippen molar-refractivity contribution in [1.29, 1.82) is 0 Å². The number of para-hydroxylation sites is 1. The minimum atomic E-state index is 0.757. The molecule has 0 saturated heterocycles. The standard InChI is InChI=1S/C15H10ClNS/c16-12-7-5-11(6-8-12)14-9-10-17-13-3-1-2-4-15(13)18-14/h1-10H. The minimum absolute atomic E-state index is 0.757. The van der Waals surface area contributed by atoms with Crippen LogP contribution < -0.4 is 0 Å². The molecule has 3 heteroatoms. The van der Waals surface area contributed by atoms with E-state index >= 15 is 0 Å². The van der Waals surface area contributed by atoms with Gasteiger partial charge in [-0.05, 0) is 35.9 Å². The fraction of sp³-hybridized carbons (Fsp3) is 0. The normalized spacial score (nSPS) is 13.7. The van der Waals surface area contributed by atoms with Crippen molar-refractivity contribution < 1.29 is 0 Å². The summed E-state index contributed by atoms with van der Waals surface area (Å²) < 4.78 is 0. The summed E-state index contributed by atoms with van der Waals surface area (Å²) in [6.07, 6.45) is 3.89. The molecular formula is C15H10ClNS. The molecule has 0 N–H and O–H groups in total. The zero-order valence-corrected chi connectivity index (χ0v) is 11.1. The number of allylic oxidation sites excluding steroid dienone is 1. The summed E-state index contributed by atoms with van der Waals surface area (Å²) in [5.74, 6) is 0. The van der Waals surface area contributed by atoms with E-state index in [2.05, 4.69) is 11.1 Å². The highest BCUT2D eigenvalue weighted by Crippen LogP contribution is 2.40. The topological polar surface area (TPSA) is 12.4 Å². The number of hydrogen-bond acceptors (Lipinski definition) is 2. The maximum Gasteiger partial charge on any atom is 0.0768 e. The van der Waals surface area contributed by atoms with Gasteiger partial charge < -0.3 is 0 Å². The maximum absolute atomic E-state index is 5.91. The molecule has 2 aromatic rings. The quantitative estimate of drug-likeness (QED) is 0.695. The van der Waals surface area contributed by atoms with Gasteiger partial charge >= 0.3 is 0 Å². The van der Waals surface area contributed by atoms with Gasteiger partial charge in [-0.3, -0.25) is 4.99 Å². The van der Waals surface area contributed by atoms with Gasteiger partial charge in [-0.1, -0.05) is 47.6 Å². The highest BCUT2D eigenvalue weighted by atomic mass is 35.5. The van der Waals surface area contributed by atoms with Gasteiger partial charge in [-0.25, -0.2) is 0 Å². The number of nitrogens with zero attached hydrogens (tertiary/aromatic N) is 1. The van der Waals surface area contributed by atoms with E-state index in [9.17, 15) is 0 Å². The molecule has 1 aliphatic heterocycles. The fourth-order valence-electron chi connectivity index (χ4n) is 1.76. The number of aliphatic imine (C=N–C) groups is 1. The molecule has 0 atom stereocenters. The molecule has 2 aromatic carbocycles. The summed E-state index contributed by atoms with van der Waals surface area (Å²) in [4.78, 5) is 6.79. The highest BCUT2D eigenvalue weighted by Gasteiger charge is 2.09. The van der Waals surface area contributed by atoms with Crippen LogP contribution in [0.3, 0.4) is 0 Å². The smallest absolute Gasteiger partial charge is 0.0768 e. The molecule has 1 nitrogen and oxygen atoms in total. The van der Waals surface area contributed by atoms with Gasteiger partial charge in [0.2, 0.25) is 0 Å². The number of halogens is 1. The molecule has 1 aliphatic rings. The lowest BCUT2D eigenvalue weighted by Gasteiger charge is -2.07. The molecule has 0 fully saturated rings. The third-order valence-corrected chi connectivity index (χ3v) is 4.06. The first-order valence-electron chi connectivity index (χ1n) is 5.60. The number of thioether (sulfide) groups is 1. The maximum atomic E-state index is 5.91. The van der Waals surface area contributed by atoms with Crippen molar-refractivity contribution in [2.45, 2.75) is 4.90 Å². The molecule has 1 heterocycles. The van der Waals surface area contributed by atoms with Crippen LogP contribution >= 0.6 is 23.4 Å². The van der Waals surface area contributed by atoms with E-state index in [0.29, 0.717) is 0 Å². The zero-order valence-electron chi connectivity index (χ0n) is 9.51. The van der Waals surface area contributed by atoms with Crippen LogP contribution in [0.25, 0.3) is 4.91 Å². The molecular weight excluding hydrogens is 262 g/mol. The highest BCUT2D eigenvalue weighted by molar-refractivity contribution is 8.08. The third kappa shape index (κ3) is 2.35. The first kappa shape index (κ1) is 11.6. The Morgan fingerprint density at radius 2 is 1.72 bits per heavy atom. The second-order valence-electron chi connectivity index (χ2n) is 3.89. The van der Waals surface area contributed by atoms with Crippen LogP contribution in [0.2, 0.25) is 5.02 Å². The van der Waals surface area contributed by atoms with E-state index < -0.39 is 0 Å². The van der Waals surface area contributed by atoms with E-state index in [-0.39, 0.29) is 0 Å².